The van der Waals surface area contributed by atoms with Crippen LogP contribution in [0, 0.1) is 0 Å². The summed E-state index contributed by atoms with van der Waals surface area (Å²) in [6.45, 7) is 3.99. The number of hydrogen-bond donors (Lipinski definition) is 2. The molecule has 0 spiro atoms. The topological polar surface area (TPSA) is 63.9 Å². The molecule has 4 nitrogen and oxygen atoms in total. The van der Waals surface area contributed by atoms with Gasteiger partial charge >= 0.3 is 0 Å². The van der Waals surface area contributed by atoms with Gasteiger partial charge in [0.2, 0.25) is 0 Å². The van der Waals surface area contributed by atoms with E-state index in [1.807, 2.05) is 38.1 Å². The van der Waals surface area contributed by atoms with Gasteiger partial charge in [0.25, 0.3) is 0 Å². The maximum absolute atomic E-state index is 6.12. The Hall–Kier alpha value is -1.04. The Kier molecular flexibility index (Phi) is 3.94. The van der Waals surface area contributed by atoms with Crippen molar-refractivity contribution in [3.63, 3.8) is 0 Å². The third-order valence-corrected chi connectivity index (χ3v) is 4.18. The van der Waals surface area contributed by atoms with Gasteiger partial charge in [-0.3, -0.25) is 0 Å². The van der Waals surface area contributed by atoms with Crippen LogP contribution in [0.1, 0.15) is 13.8 Å². The average molecular weight is 265 g/mol. The Balaban J connectivity index is 2.02. The van der Waals surface area contributed by atoms with Crippen molar-refractivity contribution in [2.24, 2.45) is 5.73 Å². The molecule has 1 heterocycles. The predicted octanol–water partition coefficient (Wildman–Crippen LogP) is 2.41. The molecule has 1 atom stereocenters. The summed E-state index contributed by atoms with van der Waals surface area (Å²) in [5.41, 5.74) is 7.84. The number of aromatic nitrogens is 2. The molecule has 1 aromatic heterocycles. The highest BCUT2D eigenvalue weighted by molar-refractivity contribution is 7.99. The zero-order valence-corrected chi connectivity index (χ0v) is 11.8. The molecule has 2 aromatic rings. The van der Waals surface area contributed by atoms with E-state index in [0.29, 0.717) is 0 Å². The number of imidazole rings is 1. The van der Waals surface area contributed by atoms with E-state index in [0.717, 1.165) is 21.9 Å². The maximum Gasteiger partial charge on any atom is 0.166 e. The molecule has 0 radical (unpaired) electrons. The number of aromatic amines is 1. The first kappa shape index (κ1) is 13.4. The number of fused-ring (bicyclic) bond motifs is 1. The molecule has 18 heavy (non-hydrogen) atoms. The highest BCUT2D eigenvalue weighted by atomic mass is 32.2. The largest absolute Gasteiger partial charge is 0.377 e. The molecule has 1 aromatic carbocycles. The van der Waals surface area contributed by atoms with Crippen LogP contribution in [0.3, 0.4) is 0 Å². The van der Waals surface area contributed by atoms with E-state index in [2.05, 4.69) is 9.97 Å². The highest BCUT2D eigenvalue weighted by Gasteiger charge is 2.26. The molecular weight excluding hydrogens is 246 g/mol. The summed E-state index contributed by atoms with van der Waals surface area (Å²) in [4.78, 5) is 7.78. The van der Waals surface area contributed by atoms with E-state index in [1.54, 1.807) is 18.9 Å². The number of thioether (sulfide) groups is 1. The standard InChI is InChI=1S/C13H19N3OS/c1-13(2,17-3)11(14)8-18-12-15-9-6-4-5-7-10(9)16-12/h4-7,11H,8,14H2,1-3H3,(H,15,16). The molecule has 1 unspecified atom stereocenters. The van der Waals surface area contributed by atoms with E-state index >= 15 is 0 Å². The van der Waals surface area contributed by atoms with Crippen LogP contribution in [-0.4, -0.2) is 34.5 Å². The molecule has 2 rings (SSSR count). The summed E-state index contributed by atoms with van der Waals surface area (Å²) in [6.07, 6.45) is 0. The van der Waals surface area contributed by atoms with Gasteiger partial charge in [-0.05, 0) is 26.0 Å². The van der Waals surface area contributed by atoms with Gasteiger partial charge in [-0.2, -0.15) is 0 Å². The average Bonchev–Trinajstić information content (AvgIpc) is 2.78. The summed E-state index contributed by atoms with van der Waals surface area (Å²) >= 11 is 1.62. The smallest absolute Gasteiger partial charge is 0.166 e. The quantitative estimate of drug-likeness (QED) is 0.815. The van der Waals surface area contributed by atoms with Crippen molar-refractivity contribution in [3.05, 3.63) is 24.3 Å². The monoisotopic (exact) mass is 265 g/mol. The first-order chi connectivity index (χ1) is 8.53. The Bertz CT molecular complexity index is 491. The lowest BCUT2D eigenvalue weighted by molar-refractivity contribution is 0.00666. The minimum atomic E-state index is -0.320. The van der Waals surface area contributed by atoms with Gasteiger partial charge in [-0.1, -0.05) is 23.9 Å². The van der Waals surface area contributed by atoms with E-state index < -0.39 is 0 Å². The molecule has 0 saturated carbocycles. The number of nitrogens with one attached hydrogen (secondary N) is 1. The van der Waals surface area contributed by atoms with Gasteiger partial charge < -0.3 is 15.5 Å². The van der Waals surface area contributed by atoms with Gasteiger partial charge in [0.15, 0.2) is 5.16 Å². The number of nitrogens with zero attached hydrogens (tertiary/aromatic N) is 1. The SMILES string of the molecule is COC(C)(C)C(N)CSc1nc2ccccc2[nH]1. The molecule has 3 N–H and O–H groups in total. The number of methoxy groups -OCH3 is 1. The molecule has 0 aliphatic heterocycles. The first-order valence-corrected chi connectivity index (χ1v) is 6.90. The van der Waals surface area contributed by atoms with Crippen molar-refractivity contribution in [1.29, 1.82) is 0 Å². The summed E-state index contributed by atoms with van der Waals surface area (Å²) < 4.78 is 5.38. The fraction of sp³-hybridized carbons (Fsp3) is 0.462. The van der Waals surface area contributed by atoms with Crippen molar-refractivity contribution in [3.8, 4) is 0 Å². The van der Waals surface area contributed by atoms with Gasteiger partial charge in [0.1, 0.15) is 0 Å². The van der Waals surface area contributed by atoms with Crippen LogP contribution in [-0.2, 0) is 4.74 Å². The lowest BCUT2D eigenvalue weighted by atomic mass is 10.0. The number of para-hydroxylation sites is 2. The second-order valence-corrected chi connectivity index (χ2v) is 5.79. The van der Waals surface area contributed by atoms with E-state index in [4.69, 9.17) is 10.5 Å². The van der Waals surface area contributed by atoms with Crippen LogP contribution in [0.4, 0.5) is 0 Å². The first-order valence-electron chi connectivity index (χ1n) is 5.91. The molecule has 0 saturated heterocycles. The summed E-state index contributed by atoms with van der Waals surface area (Å²) in [5.74, 6) is 0.765. The van der Waals surface area contributed by atoms with Crippen molar-refractivity contribution in [1.82, 2.24) is 9.97 Å². The number of rotatable bonds is 5. The fourth-order valence-corrected chi connectivity index (χ4v) is 2.60. The van der Waals surface area contributed by atoms with Crippen molar-refractivity contribution in [2.45, 2.75) is 30.6 Å². The van der Waals surface area contributed by atoms with Crippen LogP contribution in [0.5, 0.6) is 0 Å². The number of benzene rings is 1. The summed E-state index contributed by atoms with van der Waals surface area (Å²) in [6, 6.07) is 7.95. The van der Waals surface area contributed by atoms with Gasteiger partial charge in [-0.25, -0.2) is 4.98 Å². The lowest BCUT2D eigenvalue weighted by Gasteiger charge is -2.29. The summed E-state index contributed by atoms with van der Waals surface area (Å²) in [7, 11) is 1.69. The van der Waals surface area contributed by atoms with E-state index in [1.165, 1.54) is 0 Å². The van der Waals surface area contributed by atoms with Gasteiger partial charge in [0, 0.05) is 18.9 Å². The van der Waals surface area contributed by atoms with Crippen LogP contribution in [0.25, 0.3) is 11.0 Å². The van der Waals surface area contributed by atoms with Gasteiger partial charge in [-0.15, -0.1) is 0 Å². The maximum atomic E-state index is 6.12. The number of hydrogen-bond acceptors (Lipinski definition) is 4. The number of H-pyrrole nitrogens is 1. The normalized spacial score (nSPS) is 14.0. The van der Waals surface area contributed by atoms with Crippen molar-refractivity contribution in [2.75, 3.05) is 12.9 Å². The third-order valence-electron chi connectivity index (χ3n) is 3.19. The molecule has 0 bridgehead atoms. The Morgan fingerprint density at radius 2 is 2.17 bits per heavy atom. The molecular formula is C13H19N3OS. The molecule has 0 aliphatic carbocycles. The minimum absolute atomic E-state index is 0.0410. The predicted molar refractivity (Wildman–Crippen MR) is 75.9 cm³/mol. The molecule has 0 aliphatic rings. The Morgan fingerprint density at radius 1 is 1.44 bits per heavy atom. The number of ether oxygens (including phenoxy) is 1. The molecule has 0 amide bonds. The van der Waals surface area contributed by atoms with Crippen LogP contribution in [0.2, 0.25) is 0 Å². The molecule has 0 fully saturated rings. The van der Waals surface area contributed by atoms with E-state index in [-0.39, 0.29) is 11.6 Å². The van der Waals surface area contributed by atoms with Crippen LogP contribution < -0.4 is 5.73 Å². The zero-order valence-electron chi connectivity index (χ0n) is 10.9. The van der Waals surface area contributed by atoms with E-state index in [9.17, 15) is 0 Å². The van der Waals surface area contributed by atoms with Crippen molar-refractivity contribution < 1.29 is 4.74 Å². The second kappa shape index (κ2) is 5.30. The lowest BCUT2D eigenvalue weighted by Crippen LogP contribution is -2.46. The highest BCUT2D eigenvalue weighted by Crippen LogP contribution is 2.22. The van der Waals surface area contributed by atoms with Crippen LogP contribution in [0.15, 0.2) is 29.4 Å². The fourth-order valence-electron chi connectivity index (χ4n) is 1.52. The van der Waals surface area contributed by atoms with Gasteiger partial charge in [0.05, 0.1) is 16.6 Å². The second-order valence-electron chi connectivity index (χ2n) is 4.78. The van der Waals surface area contributed by atoms with Crippen LogP contribution >= 0.6 is 11.8 Å². The third kappa shape index (κ3) is 2.85. The van der Waals surface area contributed by atoms with Crippen molar-refractivity contribution >= 4 is 22.8 Å². The number of nitrogens with two attached hydrogens (primary N) is 1. The Morgan fingerprint density at radius 3 is 2.83 bits per heavy atom. The Labute approximate surface area is 111 Å². The molecule has 98 valence electrons. The molecule has 5 heteroatoms. The minimum Gasteiger partial charge on any atom is -0.377 e. The summed E-state index contributed by atoms with van der Waals surface area (Å²) in [5, 5.41) is 0.901. The zero-order chi connectivity index (χ0) is 13.2.